The Morgan fingerprint density at radius 3 is 1.90 bits per heavy atom. The van der Waals surface area contributed by atoms with Gasteiger partial charge in [-0.2, -0.15) is 9.13 Å². The van der Waals surface area contributed by atoms with Crippen LogP contribution in [0.2, 0.25) is 0 Å². The number of carbonyl (C=O) groups excluding carboxylic acids is 1. The first-order chi connectivity index (χ1) is 56.4. The normalized spacial score (nSPS) is 11.9. The van der Waals surface area contributed by atoms with Crippen LogP contribution >= 0.6 is 11.8 Å². The number of anilines is 6. The number of aromatic hydroxyl groups is 1. The standard InChI is InChI=1S/C27H26N6O4.C23H24N2O2S.C21H18N6.C20H15N3O2.ClH/c28-26(29)15-6-4-14(5-7-15)25-24(18-10-8-16(27(30)31)12-20(18)33-25)19-13-17(9-11-21(19)34)32-22(35)2-1-3-23(36)37;1-24-20-10-4-5-11-21(20)28-22(24)16-17-13-15-25(14-7-6-12-23(26)27)19-9-3-2-8-18(17)19;1-2-27-20-11-15(23)7-9-18(20)17-10-8-16(25-26-24)12-19(17)21(27)13-3-5-14(22)6-4-13;21-13-5-7-15-16-8-6-14(22)10-18(16)23-19(17(15)9-13)11-1-3-12(4-2-11)20(24)25;/h4-13,33-34H,1-3H2,(H3,28,29)(H3,30,31)(H,32,35)(H,36,37);2-5,8-11,13,15,22H,6-7,12,14,16H2,1H3;3-12H,2H2,1H3,(H3,22,23);1-10H,21-22H2,(H,24,25);1H/p+2. The lowest BCUT2D eigenvalue weighted by Gasteiger charge is -2.22. The first-order valence-corrected chi connectivity index (χ1v) is 38.6. The number of nitrogens with zero attached hydrogens (tertiary/aromatic N) is 6. The predicted molar refractivity (Wildman–Crippen MR) is 466 cm³/mol. The van der Waals surface area contributed by atoms with Gasteiger partial charge >= 0.3 is 17.9 Å². The van der Waals surface area contributed by atoms with Gasteiger partial charge in [0.25, 0.3) is 0 Å². The minimum absolute atomic E-state index is 0. The highest BCUT2D eigenvalue weighted by atomic mass is 35.5. The minimum Gasteiger partial charge on any atom is -1.00 e. The van der Waals surface area contributed by atoms with Gasteiger partial charge in [-0.1, -0.05) is 95.7 Å². The third-order valence-electron chi connectivity index (χ3n) is 20.4. The monoisotopic (exact) mass is 1610 g/mol. The summed E-state index contributed by atoms with van der Waals surface area (Å²) >= 11 is 1.93. The third-order valence-corrected chi connectivity index (χ3v) is 21.8. The zero-order valence-corrected chi connectivity index (χ0v) is 66.0. The summed E-state index contributed by atoms with van der Waals surface area (Å²) in [5.74, 6) is -3.11. The molecule has 27 heteroatoms. The van der Waals surface area contributed by atoms with Crippen LogP contribution in [0.4, 0.5) is 39.8 Å². The molecule has 5 heterocycles. The van der Waals surface area contributed by atoms with Crippen molar-refractivity contribution < 1.29 is 66.1 Å². The number of amidine groups is 2. The van der Waals surface area contributed by atoms with Crippen LogP contribution in [0, 0.1) is 10.8 Å². The number of aromatic amines is 2. The Morgan fingerprint density at radius 2 is 1.20 bits per heavy atom. The number of nitrogens with one attached hydrogen (secondary N) is 5. The van der Waals surface area contributed by atoms with E-state index in [-0.39, 0.29) is 67.0 Å². The van der Waals surface area contributed by atoms with Crippen LogP contribution in [-0.4, -0.2) is 73.3 Å². The molecule has 1 aliphatic rings. The Labute approximate surface area is 688 Å². The molecule has 1 atom stereocenters. The molecule has 0 radical (unpaired) electrons. The molecule has 25 nitrogen and oxygen atoms in total. The van der Waals surface area contributed by atoms with Gasteiger partial charge in [-0.3, -0.25) is 25.2 Å². The highest BCUT2D eigenvalue weighted by molar-refractivity contribution is 8.00. The number of aryl methyl sites for hydroxylation is 2. The molecular formula is C91H86ClN17O8S+2. The van der Waals surface area contributed by atoms with E-state index in [4.69, 9.17) is 66.1 Å². The van der Waals surface area contributed by atoms with Gasteiger partial charge in [-0.05, 0) is 170 Å². The van der Waals surface area contributed by atoms with E-state index in [0.29, 0.717) is 73.7 Å². The zero-order valence-electron chi connectivity index (χ0n) is 64.4. The lowest BCUT2D eigenvalue weighted by Crippen LogP contribution is -3.00. The number of benzene rings is 11. The number of halogens is 1. The Balaban J connectivity index is 0.000000146. The summed E-state index contributed by atoms with van der Waals surface area (Å²) in [6.07, 6.45) is 5.13. The van der Waals surface area contributed by atoms with E-state index >= 15 is 0 Å². The maximum atomic E-state index is 12.3. The predicted octanol–water partition coefficient (Wildman–Crippen LogP) is 13.9. The fourth-order valence-corrected chi connectivity index (χ4v) is 16.0. The van der Waals surface area contributed by atoms with Crippen molar-refractivity contribution in [1.82, 2.24) is 4.98 Å². The molecule has 1 amide bonds. The molecule has 0 saturated carbocycles. The van der Waals surface area contributed by atoms with Crippen molar-refractivity contribution in [2.24, 2.45) is 16.6 Å². The molecule has 118 heavy (non-hydrogen) atoms. The number of aromatic carboxylic acids is 1. The van der Waals surface area contributed by atoms with Crippen LogP contribution in [-0.2, 0) is 33.9 Å². The van der Waals surface area contributed by atoms with Crippen molar-refractivity contribution in [1.29, 1.82) is 10.8 Å². The number of para-hydroxylation sites is 2. The number of carboxylic acids is 3. The number of amides is 1. The summed E-state index contributed by atoms with van der Waals surface area (Å²) in [5.41, 5.74) is 62.1. The fraction of sp³-hybridized carbons (Fsp3) is 0.132. The second-order valence-electron chi connectivity index (χ2n) is 28.2. The summed E-state index contributed by atoms with van der Waals surface area (Å²) in [6, 6.07) is 74.2. The van der Waals surface area contributed by atoms with Gasteiger partial charge in [0, 0.05) is 168 Å². The van der Waals surface area contributed by atoms with Crippen LogP contribution in [0.3, 0.4) is 0 Å². The quantitative estimate of drug-likeness (QED) is 0.00304. The maximum Gasteiger partial charge on any atom is 0.335 e. The zero-order chi connectivity index (χ0) is 82.7. The van der Waals surface area contributed by atoms with Crippen molar-refractivity contribution in [2.75, 3.05) is 40.2 Å². The number of carboxylic acid groups (broad SMARTS) is 3. The summed E-state index contributed by atoms with van der Waals surface area (Å²) in [6.45, 7) is 3.71. The smallest absolute Gasteiger partial charge is 0.335 e. The van der Waals surface area contributed by atoms with E-state index < -0.39 is 17.9 Å². The number of rotatable bonds is 21. The second-order valence-corrected chi connectivity index (χ2v) is 29.4. The number of aliphatic carboxylic acids is 2. The highest BCUT2D eigenvalue weighted by Crippen LogP contribution is 2.46. The van der Waals surface area contributed by atoms with Crippen LogP contribution in [0.15, 0.2) is 253 Å². The molecule has 594 valence electrons. The van der Waals surface area contributed by atoms with E-state index in [1.54, 1.807) is 60.7 Å². The number of aromatic nitrogens is 4. The maximum absolute atomic E-state index is 12.3. The number of azide groups is 1. The van der Waals surface area contributed by atoms with Crippen molar-refractivity contribution in [2.45, 2.75) is 75.2 Å². The van der Waals surface area contributed by atoms with Gasteiger partial charge in [0.05, 0.1) is 43.9 Å². The van der Waals surface area contributed by atoms with Crippen molar-refractivity contribution in [3.63, 3.8) is 0 Å². The number of likely N-dealkylation sites (N-methyl/N-ethyl adjacent to an activating group) is 1. The van der Waals surface area contributed by atoms with Crippen molar-refractivity contribution in [3.05, 3.63) is 275 Å². The van der Waals surface area contributed by atoms with E-state index in [9.17, 15) is 24.3 Å². The number of hydrogen-bond acceptors (Lipinski definition) is 14. The topological polar surface area (TPSA) is 455 Å². The van der Waals surface area contributed by atoms with Crippen molar-refractivity contribution >= 4 is 152 Å². The van der Waals surface area contributed by atoms with Gasteiger partial charge in [0.15, 0.2) is 6.20 Å². The first kappa shape index (κ1) is 82.7. The molecule has 0 aliphatic carbocycles. The molecule has 0 saturated heterocycles. The highest BCUT2D eigenvalue weighted by Gasteiger charge is 2.30. The number of hydrogen-bond donors (Lipinski definition) is 14. The van der Waals surface area contributed by atoms with Crippen LogP contribution in [0.1, 0.15) is 72.5 Å². The number of thioether (sulfide) groups is 1. The number of nitrogens with two attached hydrogens (primary N) is 6. The summed E-state index contributed by atoms with van der Waals surface area (Å²) in [7, 11) is 2.18. The van der Waals surface area contributed by atoms with Gasteiger partial charge < -0.3 is 82.4 Å². The fourth-order valence-electron chi connectivity index (χ4n) is 14.7. The minimum atomic E-state index is -0.962. The number of unbranched alkanes of at least 4 members (excludes halogenated alkanes) is 1. The molecular weight excluding hydrogens is 1530 g/mol. The second kappa shape index (κ2) is 36.6. The number of fused-ring (bicyclic) bond motifs is 9. The van der Waals surface area contributed by atoms with Crippen LogP contribution in [0.5, 0.6) is 5.75 Å². The number of phenols is 1. The summed E-state index contributed by atoms with van der Waals surface area (Å²) in [5, 5.41) is 68.3. The van der Waals surface area contributed by atoms with Gasteiger partial charge in [0.1, 0.15) is 30.5 Å². The lowest BCUT2D eigenvalue weighted by atomic mass is 9.96. The Hall–Kier alpha value is -14.7. The van der Waals surface area contributed by atoms with E-state index in [2.05, 4.69) is 114 Å². The SMILES string of the molecule is CC[n+]1c(-c2ccc(N)cc2)c2cc(N=[N+]=[N-])ccc2c2ccc(N)cc21.CN1c2ccccc2SC1Cc1cc[n+](CCCCC(=O)O)c2ccccc12.N=C(N)c1ccc(-c2[nH]c3cc(C(=N)N)ccc3c2-c2cc(NC(=O)CCCC(=O)O)ccc2O)cc1.Nc1ccc2c(c1)[nH+]c(-c1ccc(C(=O)O)cc1)c1cc(N)ccc12.[Cl-]. The average molecular weight is 1610 g/mol. The molecule has 11 aromatic carbocycles. The number of phenolic OH excluding ortho intramolecular Hbond substituents is 1. The number of pyridine rings is 3. The van der Waals surface area contributed by atoms with Gasteiger partial charge in [-0.25, -0.2) is 9.78 Å². The van der Waals surface area contributed by atoms with E-state index in [1.807, 2.05) is 127 Å². The Bertz CT molecular complexity index is 6460. The Kier molecular flexibility index (Phi) is 25.7. The first-order valence-electron chi connectivity index (χ1n) is 37.7. The van der Waals surface area contributed by atoms with E-state index in [0.717, 1.165) is 108 Å². The Morgan fingerprint density at radius 1 is 0.593 bits per heavy atom. The van der Waals surface area contributed by atoms with Crippen molar-refractivity contribution in [3.8, 4) is 50.6 Å². The van der Waals surface area contributed by atoms with Gasteiger partial charge in [-0.15, -0.1) is 0 Å². The van der Waals surface area contributed by atoms with Crippen LogP contribution in [0.25, 0.3) is 120 Å². The number of H-pyrrole nitrogens is 2. The third kappa shape index (κ3) is 18.6. The molecule has 21 N–H and O–H groups in total. The summed E-state index contributed by atoms with van der Waals surface area (Å²) in [4.78, 5) is 58.3. The number of carbonyl (C=O) groups is 4. The molecule has 0 spiro atoms. The lowest BCUT2D eigenvalue weighted by molar-refractivity contribution is -0.671. The van der Waals surface area contributed by atoms with Crippen LogP contribution < -0.4 is 71.1 Å². The summed E-state index contributed by atoms with van der Waals surface area (Å²) < 4.78 is 4.49. The molecule has 0 fully saturated rings. The molecule has 1 aliphatic heterocycles. The molecule has 1 unspecified atom stereocenters. The molecule has 0 bridgehead atoms. The molecule has 4 aromatic heterocycles. The molecule has 16 rings (SSSR count). The number of nitrogen functional groups attached to an aromatic ring is 6. The van der Waals surface area contributed by atoms with E-state index in [1.165, 1.54) is 33.1 Å². The largest absolute Gasteiger partial charge is 1.00 e. The molecule has 15 aromatic rings. The van der Waals surface area contributed by atoms with Gasteiger partial charge in [0.2, 0.25) is 33.8 Å². The average Bonchev–Trinajstić information content (AvgIpc) is 1.13.